The lowest BCUT2D eigenvalue weighted by atomic mass is 10.0. The first-order chi connectivity index (χ1) is 7.16. The fraction of sp³-hybridized carbons (Fsp3) is 0.500. The first-order valence-electron chi connectivity index (χ1n) is 5.35. The van der Waals surface area contributed by atoms with Crippen molar-refractivity contribution in [2.45, 2.75) is 37.2 Å². The van der Waals surface area contributed by atoms with Gasteiger partial charge in [-0.15, -0.1) is 11.8 Å². The zero-order valence-corrected chi connectivity index (χ0v) is 9.90. The molecule has 0 amide bonds. The van der Waals surface area contributed by atoms with Crippen molar-refractivity contribution in [1.29, 1.82) is 0 Å². The second-order valence-corrected chi connectivity index (χ2v) is 5.33. The van der Waals surface area contributed by atoms with Crippen LogP contribution in [0.25, 0.3) is 0 Å². The molecule has 1 nitrogen and oxygen atoms in total. The lowest BCUT2D eigenvalue weighted by molar-refractivity contribution is 0.457. The molecule has 3 heteroatoms. The van der Waals surface area contributed by atoms with Gasteiger partial charge in [0.15, 0.2) is 0 Å². The molecule has 15 heavy (non-hydrogen) atoms. The number of hydrogen-bond donors (Lipinski definition) is 1. The fourth-order valence-electron chi connectivity index (χ4n) is 1.94. The standard InChI is InChI=1S/C12H16FNS/c1-8(2)14-11-5-6-15-12-4-3-9(13)7-10(11)12/h3-4,7-8,11,14H,5-6H2,1-2H3. The van der Waals surface area contributed by atoms with E-state index in [9.17, 15) is 4.39 Å². The van der Waals surface area contributed by atoms with E-state index in [1.807, 2.05) is 17.8 Å². The van der Waals surface area contributed by atoms with Gasteiger partial charge in [0.05, 0.1) is 0 Å². The molecule has 1 unspecified atom stereocenters. The van der Waals surface area contributed by atoms with E-state index < -0.39 is 0 Å². The molecule has 1 atom stereocenters. The second-order valence-electron chi connectivity index (χ2n) is 4.19. The van der Waals surface area contributed by atoms with Gasteiger partial charge in [0.25, 0.3) is 0 Å². The lowest BCUT2D eigenvalue weighted by Gasteiger charge is -2.27. The van der Waals surface area contributed by atoms with Gasteiger partial charge >= 0.3 is 0 Å². The minimum Gasteiger partial charge on any atom is -0.308 e. The van der Waals surface area contributed by atoms with Gasteiger partial charge in [-0.25, -0.2) is 4.39 Å². The van der Waals surface area contributed by atoms with Gasteiger partial charge in [0.2, 0.25) is 0 Å². The number of fused-ring (bicyclic) bond motifs is 1. The van der Waals surface area contributed by atoms with Crippen LogP contribution in [-0.4, -0.2) is 11.8 Å². The second kappa shape index (κ2) is 4.54. The summed E-state index contributed by atoms with van der Waals surface area (Å²) in [6.07, 6.45) is 1.08. The Morgan fingerprint density at radius 1 is 1.47 bits per heavy atom. The highest BCUT2D eigenvalue weighted by molar-refractivity contribution is 7.99. The van der Waals surface area contributed by atoms with Crippen LogP contribution in [0.3, 0.4) is 0 Å². The fourth-order valence-corrected chi connectivity index (χ4v) is 3.05. The van der Waals surface area contributed by atoms with Gasteiger partial charge in [-0.2, -0.15) is 0 Å². The Hall–Kier alpha value is -0.540. The molecule has 0 aliphatic carbocycles. The summed E-state index contributed by atoms with van der Waals surface area (Å²) in [5, 5.41) is 3.49. The highest BCUT2D eigenvalue weighted by Gasteiger charge is 2.21. The summed E-state index contributed by atoms with van der Waals surface area (Å²) in [7, 11) is 0. The first kappa shape index (κ1) is 11.0. The topological polar surface area (TPSA) is 12.0 Å². The minimum atomic E-state index is -0.133. The monoisotopic (exact) mass is 225 g/mol. The highest BCUT2D eigenvalue weighted by atomic mass is 32.2. The van der Waals surface area contributed by atoms with E-state index in [-0.39, 0.29) is 5.82 Å². The molecule has 1 N–H and O–H groups in total. The van der Waals surface area contributed by atoms with Crippen LogP contribution in [0.2, 0.25) is 0 Å². The van der Waals surface area contributed by atoms with Crippen molar-refractivity contribution in [2.75, 3.05) is 5.75 Å². The van der Waals surface area contributed by atoms with Crippen molar-refractivity contribution in [3.63, 3.8) is 0 Å². The van der Waals surface area contributed by atoms with E-state index in [1.54, 1.807) is 12.1 Å². The normalized spacial score (nSPS) is 20.4. The maximum absolute atomic E-state index is 13.2. The van der Waals surface area contributed by atoms with Crippen LogP contribution in [0.5, 0.6) is 0 Å². The summed E-state index contributed by atoms with van der Waals surface area (Å²) < 4.78 is 13.2. The summed E-state index contributed by atoms with van der Waals surface area (Å²) in [4.78, 5) is 1.22. The number of hydrogen-bond acceptors (Lipinski definition) is 2. The van der Waals surface area contributed by atoms with E-state index in [1.165, 1.54) is 4.90 Å². The predicted molar refractivity (Wildman–Crippen MR) is 62.8 cm³/mol. The molecule has 1 aromatic carbocycles. The third kappa shape index (κ3) is 2.52. The molecule has 0 spiro atoms. The number of thioether (sulfide) groups is 1. The molecule has 82 valence electrons. The predicted octanol–water partition coefficient (Wildman–Crippen LogP) is 3.36. The zero-order valence-electron chi connectivity index (χ0n) is 9.09. The number of halogens is 1. The third-order valence-corrected chi connectivity index (χ3v) is 3.67. The minimum absolute atomic E-state index is 0.133. The van der Waals surface area contributed by atoms with Crippen molar-refractivity contribution in [2.24, 2.45) is 0 Å². The van der Waals surface area contributed by atoms with Crippen LogP contribution in [-0.2, 0) is 0 Å². The Labute approximate surface area is 94.5 Å². The Balaban J connectivity index is 2.28. The average molecular weight is 225 g/mol. The summed E-state index contributed by atoms with van der Waals surface area (Å²) in [5.74, 6) is 0.982. The molecule has 1 aromatic rings. The van der Waals surface area contributed by atoms with Gasteiger partial charge in [0, 0.05) is 17.0 Å². The Kier molecular flexibility index (Phi) is 3.32. The quantitative estimate of drug-likeness (QED) is 0.828. The largest absolute Gasteiger partial charge is 0.308 e. The number of rotatable bonds is 2. The van der Waals surface area contributed by atoms with E-state index in [2.05, 4.69) is 19.2 Å². The molecule has 0 radical (unpaired) electrons. The molecule has 0 bridgehead atoms. The molecule has 0 fully saturated rings. The molecular weight excluding hydrogens is 209 g/mol. The Bertz CT molecular complexity index is 351. The van der Waals surface area contributed by atoms with Crippen LogP contribution in [0.4, 0.5) is 4.39 Å². The van der Waals surface area contributed by atoms with Crippen molar-refractivity contribution >= 4 is 11.8 Å². The lowest BCUT2D eigenvalue weighted by Crippen LogP contribution is -2.30. The van der Waals surface area contributed by atoms with Crippen LogP contribution in [0.1, 0.15) is 31.9 Å². The summed E-state index contributed by atoms with van der Waals surface area (Å²) in [6, 6.07) is 5.86. The van der Waals surface area contributed by atoms with Gasteiger partial charge in [-0.3, -0.25) is 0 Å². The maximum Gasteiger partial charge on any atom is 0.123 e. The molecule has 2 rings (SSSR count). The van der Waals surface area contributed by atoms with Crippen molar-refractivity contribution < 1.29 is 4.39 Å². The summed E-state index contributed by atoms with van der Waals surface area (Å²) in [5.41, 5.74) is 1.12. The Morgan fingerprint density at radius 3 is 3.00 bits per heavy atom. The van der Waals surface area contributed by atoms with E-state index in [4.69, 9.17) is 0 Å². The van der Waals surface area contributed by atoms with Crippen molar-refractivity contribution in [3.05, 3.63) is 29.6 Å². The van der Waals surface area contributed by atoms with Gasteiger partial charge in [-0.1, -0.05) is 13.8 Å². The number of nitrogens with one attached hydrogen (secondary N) is 1. The molecule has 0 saturated carbocycles. The maximum atomic E-state index is 13.2. The molecule has 1 aliphatic rings. The van der Waals surface area contributed by atoms with Gasteiger partial charge in [-0.05, 0) is 35.9 Å². The van der Waals surface area contributed by atoms with E-state index in [0.717, 1.165) is 17.7 Å². The van der Waals surface area contributed by atoms with E-state index in [0.29, 0.717) is 12.1 Å². The molecular formula is C12H16FNS. The molecule has 0 saturated heterocycles. The van der Waals surface area contributed by atoms with Crippen molar-refractivity contribution in [1.82, 2.24) is 5.32 Å². The van der Waals surface area contributed by atoms with Gasteiger partial charge in [0.1, 0.15) is 5.82 Å². The summed E-state index contributed by atoms with van der Waals surface area (Å²) >= 11 is 1.82. The third-order valence-electron chi connectivity index (χ3n) is 2.55. The van der Waals surface area contributed by atoms with Crippen LogP contribution >= 0.6 is 11.8 Å². The van der Waals surface area contributed by atoms with E-state index >= 15 is 0 Å². The van der Waals surface area contributed by atoms with Gasteiger partial charge < -0.3 is 5.32 Å². The first-order valence-corrected chi connectivity index (χ1v) is 6.33. The average Bonchev–Trinajstić information content (AvgIpc) is 2.18. The van der Waals surface area contributed by atoms with Crippen molar-refractivity contribution in [3.8, 4) is 0 Å². The molecule has 1 aliphatic heterocycles. The van der Waals surface area contributed by atoms with Crippen LogP contribution < -0.4 is 5.32 Å². The number of benzene rings is 1. The Morgan fingerprint density at radius 2 is 2.27 bits per heavy atom. The van der Waals surface area contributed by atoms with Crippen LogP contribution in [0.15, 0.2) is 23.1 Å². The zero-order chi connectivity index (χ0) is 10.8. The highest BCUT2D eigenvalue weighted by Crippen LogP contribution is 2.36. The SMILES string of the molecule is CC(C)NC1CCSc2ccc(F)cc21. The molecule has 1 heterocycles. The van der Waals surface area contributed by atoms with Crippen LogP contribution in [0, 0.1) is 5.82 Å². The summed E-state index contributed by atoms with van der Waals surface area (Å²) in [6.45, 7) is 4.25. The smallest absolute Gasteiger partial charge is 0.123 e. The molecule has 0 aromatic heterocycles.